The molecule has 0 saturated heterocycles. The second-order valence-electron chi connectivity index (χ2n) is 5.72. The molecule has 1 N–H and O–H groups in total. The third-order valence-electron chi connectivity index (χ3n) is 4.49. The van der Waals surface area contributed by atoms with Gasteiger partial charge in [-0.15, -0.1) is 0 Å². The van der Waals surface area contributed by atoms with Gasteiger partial charge in [-0.25, -0.2) is 4.39 Å². The largest absolute Gasteiger partial charge is 0.382 e. The average Bonchev–Trinajstić information content (AvgIpc) is 2.74. The van der Waals surface area contributed by atoms with Gasteiger partial charge in [0, 0.05) is 12.5 Å². The summed E-state index contributed by atoms with van der Waals surface area (Å²) in [4.78, 5) is 0. The molecule has 17 heavy (non-hydrogen) atoms. The molecule has 1 aromatic carbocycles. The SMILES string of the molecule is CC1CCCC(C2CNc3c(F)cccc32)C1. The normalized spacial score (nSPS) is 32.0. The van der Waals surface area contributed by atoms with Crippen molar-refractivity contribution in [1.82, 2.24) is 0 Å². The van der Waals surface area contributed by atoms with Gasteiger partial charge in [0.1, 0.15) is 5.82 Å². The molecule has 0 spiro atoms. The highest BCUT2D eigenvalue weighted by Crippen LogP contribution is 2.44. The van der Waals surface area contributed by atoms with Crippen LogP contribution in [0.2, 0.25) is 0 Å². The molecule has 0 amide bonds. The molecule has 0 aromatic heterocycles. The summed E-state index contributed by atoms with van der Waals surface area (Å²) in [6.45, 7) is 3.27. The Hall–Kier alpha value is -1.05. The first-order chi connectivity index (χ1) is 8.25. The van der Waals surface area contributed by atoms with Crippen LogP contribution >= 0.6 is 0 Å². The fourth-order valence-electron chi connectivity index (χ4n) is 3.63. The summed E-state index contributed by atoms with van der Waals surface area (Å²) in [6, 6.07) is 5.50. The Morgan fingerprint density at radius 2 is 2.18 bits per heavy atom. The molecular formula is C15H20FN. The van der Waals surface area contributed by atoms with Crippen LogP contribution in [0.3, 0.4) is 0 Å². The molecule has 0 radical (unpaired) electrons. The number of hydrogen-bond acceptors (Lipinski definition) is 1. The van der Waals surface area contributed by atoms with Gasteiger partial charge in [-0.1, -0.05) is 31.9 Å². The van der Waals surface area contributed by atoms with E-state index < -0.39 is 0 Å². The summed E-state index contributed by atoms with van der Waals surface area (Å²) in [6.07, 6.45) is 5.33. The number of nitrogens with one attached hydrogen (secondary N) is 1. The first kappa shape index (κ1) is 11.1. The molecule has 92 valence electrons. The highest BCUT2D eigenvalue weighted by Gasteiger charge is 2.33. The van der Waals surface area contributed by atoms with Gasteiger partial charge in [0.25, 0.3) is 0 Å². The monoisotopic (exact) mass is 233 g/mol. The van der Waals surface area contributed by atoms with Crippen LogP contribution in [-0.4, -0.2) is 6.54 Å². The van der Waals surface area contributed by atoms with E-state index in [1.54, 1.807) is 6.07 Å². The summed E-state index contributed by atoms with van der Waals surface area (Å²) in [5.74, 6) is 2.03. The molecule has 0 bridgehead atoms. The van der Waals surface area contributed by atoms with Gasteiger partial charge in [-0.3, -0.25) is 0 Å². The molecule has 3 atom stereocenters. The minimum atomic E-state index is -0.0890. The second kappa shape index (κ2) is 4.32. The minimum absolute atomic E-state index is 0.0890. The van der Waals surface area contributed by atoms with Crippen LogP contribution in [0, 0.1) is 17.7 Å². The van der Waals surface area contributed by atoms with Crippen LogP contribution in [0.15, 0.2) is 18.2 Å². The van der Waals surface area contributed by atoms with Crippen LogP contribution in [0.25, 0.3) is 0 Å². The number of rotatable bonds is 1. The van der Waals surface area contributed by atoms with Crippen molar-refractivity contribution in [2.24, 2.45) is 11.8 Å². The molecule has 1 saturated carbocycles. The Kier molecular flexibility index (Phi) is 2.81. The third-order valence-corrected chi connectivity index (χ3v) is 4.49. The van der Waals surface area contributed by atoms with Gasteiger partial charge in [-0.2, -0.15) is 0 Å². The van der Waals surface area contributed by atoms with E-state index in [0.29, 0.717) is 5.92 Å². The van der Waals surface area contributed by atoms with Crippen molar-refractivity contribution < 1.29 is 4.39 Å². The summed E-state index contributed by atoms with van der Waals surface area (Å²) in [7, 11) is 0. The van der Waals surface area contributed by atoms with E-state index in [0.717, 1.165) is 24.1 Å². The van der Waals surface area contributed by atoms with E-state index in [-0.39, 0.29) is 5.82 Å². The first-order valence-electron chi connectivity index (χ1n) is 6.78. The maximum Gasteiger partial charge on any atom is 0.146 e. The summed E-state index contributed by atoms with van der Waals surface area (Å²) >= 11 is 0. The van der Waals surface area contributed by atoms with Crippen LogP contribution < -0.4 is 5.32 Å². The lowest BCUT2D eigenvalue weighted by Crippen LogP contribution is -2.21. The lowest BCUT2D eigenvalue weighted by Gasteiger charge is -2.31. The third kappa shape index (κ3) is 1.94. The van der Waals surface area contributed by atoms with Crippen molar-refractivity contribution in [3.8, 4) is 0 Å². The minimum Gasteiger partial charge on any atom is -0.382 e. The zero-order valence-corrected chi connectivity index (χ0v) is 10.4. The molecule has 3 rings (SSSR count). The van der Waals surface area contributed by atoms with E-state index in [1.807, 2.05) is 6.07 Å². The molecule has 2 heteroatoms. The summed E-state index contributed by atoms with van der Waals surface area (Å²) in [5.41, 5.74) is 1.97. The van der Waals surface area contributed by atoms with Crippen molar-refractivity contribution in [2.45, 2.75) is 38.5 Å². The Labute approximate surface area is 102 Å². The number of halogens is 1. The van der Waals surface area contributed by atoms with Gasteiger partial charge in [-0.05, 0) is 36.3 Å². The van der Waals surface area contributed by atoms with Crippen LogP contribution in [0.5, 0.6) is 0 Å². The molecule has 3 unspecified atom stereocenters. The maximum atomic E-state index is 13.6. The second-order valence-corrected chi connectivity index (χ2v) is 5.72. The number of anilines is 1. The van der Waals surface area contributed by atoms with Gasteiger partial charge in [0.2, 0.25) is 0 Å². The molecule has 2 aliphatic rings. The molecule has 1 aliphatic carbocycles. The fraction of sp³-hybridized carbons (Fsp3) is 0.600. The van der Waals surface area contributed by atoms with Gasteiger partial charge < -0.3 is 5.32 Å². The molecule has 1 heterocycles. The zero-order chi connectivity index (χ0) is 11.8. The van der Waals surface area contributed by atoms with Gasteiger partial charge in [0.05, 0.1) is 5.69 Å². The standard InChI is InChI=1S/C15H20FN/c1-10-4-2-5-11(8-10)13-9-17-15-12(13)6-3-7-14(15)16/h3,6-7,10-11,13,17H,2,4-5,8-9H2,1H3. The van der Waals surface area contributed by atoms with Gasteiger partial charge in [0.15, 0.2) is 0 Å². The summed E-state index contributed by atoms with van der Waals surface area (Å²) < 4.78 is 13.6. The Morgan fingerprint density at radius 1 is 1.29 bits per heavy atom. The predicted molar refractivity (Wildman–Crippen MR) is 68.8 cm³/mol. The van der Waals surface area contributed by atoms with Crippen molar-refractivity contribution >= 4 is 5.69 Å². The zero-order valence-electron chi connectivity index (χ0n) is 10.4. The van der Waals surface area contributed by atoms with E-state index in [9.17, 15) is 4.39 Å². The van der Waals surface area contributed by atoms with Crippen molar-refractivity contribution in [3.05, 3.63) is 29.6 Å². The molecule has 1 nitrogen and oxygen atoms in total. The number of fused-ring (bicyclic) bond motifs is 1. The fourth-order valence-corrected chi connectivity index (χ4v) is 3.63. The summed E-state index contributed by atoms with van der Waals surface area (Å²) in [5, 5.41) is 3.26. The maximum absolute atomic E-state index is 13.6. The van der Waals surface area contributed by atoms with E-state index in [2.05, 4.69) is 18.3 Å². The van der Waals surface area contributed by atoms with Crippen LogP contribution in [0.4, 0.5) is 10.1 Å². The molecular weight excluding hydrogens is 213 g/mol. The number of benzene rings is 1. The Bertz CT molecular complexity index is 415. The number of hydrogen-bond donors (Lipinski definition) is 1. The van der Waals surface area contributed by atoms with E-state index >= 15 is 0 Å². The van der Waals surface area contributed by atoms with Crippen molar-refractivity contribution in [3.63, 3.8) is 0 Å². The highest BCUT2D eigenvalue weighted by atomic mass is 19.1. The Balaban J connectivity index is 1.85. The first-order valence-corrected chi connectivity index (χ1v) is 6.78. The molecule has 1 aromatic rings. The molecule has 1 fully saturated rings. The molecule has 1 aliphatic heterocycles. The Morgan fingerprint density at radius 3 is 3.00 bits per heavy atom. The smallest absolute Gasteiger partial charge is 0.146 e. The highest BCUT2D eigenvalue weighted by molar-refractivity contribution is 5.58. The van der Waals surface area contributed by atoms with E-state index in [4.69, 9.17) is 0 Å². The van der Waals surface area contributed by atoms with E-state index in [1.165, 1.54) is 31.2 Å². The lowest BCUT2D eigenvalue weighted by atomic mass is 9.74. The predicted octanol–water partition coefficient (Wildman–Crippen LogP) is 4.16. The average molecular weight is 233 g/mol. The van der Waals surface area contributed by atoms with Gasteiger partial charge >= 0.3 is 0 Å². The van der Waals surface area contributed by atoms with Crippen LogP contribution in [-0.2, 0) is 0 Å². The topological polar surface area (TPSA) is 12.0 Å². The van der Waals surface area contributed by atoms with Crippen molar-refractivity contribution in [1.29, 1.82) is 0 Å². The van der Waals surface area contributed by atoms with Crippen molar-refractivity contribution in [2.75, 3.05) is 11.9 Å². The quantitative estimate of drug-likeness (QED) is 0.768. The number of para-hydroxylation sites is 1. The lowest BCUT2D eigenvalue weighted by molar-refractivity contribution is 0.253. The van der Waals surface area contributed by atoms with Crippen LogP contribution in [0.1, 0.15) is 44.1 Å².